The second-order valence-corrected chi connectivity index (χ2v) is 8.42. The molecule has 180 valence electrons. The van der Waals surface area contributed by atoms with Crippen molar-refractivity contribution in [2.75, 3.05) is 14.2 Å². The summed E-state index contributed by atoms with van der Waals surface area (Å²) in [5, 5.41) is 14.1. The number of unbranched alkanes of at least 4 members (excludes halogenated alkanes) is 1. The molecule has 0 radical (unpaired) electrons. The van der Waals surface area contributed by atoms with Crippen molar-refractivity contribution in [3.8, 4) is 17.2 Å². The smallest absolute Gasteiger partial charge is 0.344 e. The minimum absolute atomic E-state index is 0.162. The predicted octanol–water partition coefficient (Wildman–Crippen LogP) is 4.25. The monoisotopic (exact) mass is 531 g/mol. The fourth-order valence-electron chi connectivity index (χ4n) is 3.25. The number of hydrogen-bond acceptors (Lipinski definition) is 7. The molecule has 0 saturated heterocycles. The molecule has 0 fully saturated rings. The van der Waals surface area contributed by atoms with Crippen molar-refractivity contribution in [3.05, 3.63) is 56.5 Å². The van der Waals surface area contributed by atoms with E-state index in [0.717, 1.165) is 17.3 Å². The molecule has 9 nitrogen and oxygen atoms in total. The number of carboxylic acids is 1. The molecule has 1 N–H and O–H groups in total. The van der Waals surface area contributed by atoms with E-state index in [-0.39, 0.29) is 22.8 Å². The second-order valence-electron chi connectivity index (χ2n) is 7.51. The maximum absolute atomic E-state index is 13.2. The third-order valence-corrected chi connectivity index (χ3v) is 5.57. The first-order valence-electron chi connectivity index (χ1n) is 10.7. The first-order chi connectivity index (χ1) is 16.3. The van der Waals surface area contributed by atoms with Gasteiger partial charge in [-0.05, 0) is 43.7 Å². The van der Waals surface area contributed by atoms with E-state index in [1.807, 2.05) is 6.07 Å². The Hall–Kier alpha value is -3.40. The highest BCUT2D eigenvalue weighted by Crippen LogP contribution is 2.39. The van der Waals surface area contributed by atoms with Crippen LogP contribution in [0.5, 0.6) is 17.2 Å². The standard InChI is InChI=1S/C24H26BrN3O6/c1-5-6-7-21-27-18-9-8-16(25)12-17(18)23(29)28(21)26-13-15-10-19(32-3)22(20(11-15)33-4)34-14(2)24(30)31/h8-14H,5-7H2,1-4H3,(H,30,31)/t14-/m0/s1. The molecule has 3 rings (SSSR count). The Morgan fingerprint density at radius 3 is 2.50 bits per heavy atom. The molecule has 0 unspecified atom stereocenters. The summed E-state index contributed by atoms with van der Waals surface area (Å²) in [6.07, 6.45) is 2.80. The third-order valence-electron chi connectivity index (χ3n) is 5.08. The molecular formula is C24H26BrN3O6. The number of aryl methyl sites for hydroxylation is 1. The van der Waals surface area contributed by atoms with E-state index in [1.165, 1.54) is 32.0 Å². The summed E-state index contributed by atoms with van der Waals surface area (Å²) in [6, 6.07) is 8.62. The lowest BCUT2D eigenvalue weighted by atomic mass is 10.2. The van der Waals surface area contributed by atoms with Gasteiger partial charge in [0.1, 0.15) is 5.82 Å². The van der Waals surface area contributed by atoms with Crippen LogP contribution in [-0.4, -0.2) is 47.3 Å². The number of rotatable bonds is 10. The van der Waals surface area contributed by atoms with E-state index in [1.54, 1.807) is 24.3 Å². The molecule has 1 atom stereocenters. The van der Waals surface area contributed by atoms with Gasteiger partial charge in [-0.1, -0.05) is 29.3 Å². The quantitative estimate of drug-likeness (QED) is 0.389. The minimum atomic E-state index is -1.12. The van der Waals surface area contributed by atoms with Gasteiger partial charge in [-0.15, -0.1) is 0 Å². The zero-order chi connectivity index (χ0) is 24.8. The lowest BCUT2D eigenvalue weighted by Gasteiger charge is -2.17. The molecule has 0 aliphatic heterocycles. The van der Waals surface area contributed by atoms with E-state index in [2.05, 4.69) is 32.9 Å². The van der Waals surface area contributed by atoms with Gasteiger partial charge in [0.15, 0.2) is 17.6 Å². The van der Waals surface area contributed by atoms with Crippen molar-refractivity contribution in [1.82, 2.24) is 9.66 Å². The third kappa shape index (κ3) is 5.56. The Labute approximate surface area is 205 Å². The van der Waals surface area contributed by atoms with Crippen LogP contribution in [0.4, 0.5) is 0 Å². The molecule has 1 heterocycles. The van der Waals surface area contributed by atoms with Gasteiger partial charge >= 0.3 is 5.97 Å². The molecular weight excluding hydrogens is 506 g/mol. The number of aliphatic carboxylic acids is 1. The Morgan fingerprint density at radius 1 is 1.24 bits per heavy atom. The van der Waals surface area contributed by atoms with Crippen LogP contribution in [0.3, 0.4) is 0 Å². The molecule has 1 aromatic heterocycles. The maximum atomic E-state index is 13.2. The fraction of sp³-hybridized carbons (Fsp3) is 0.333. The molecule has 0 bridgehead atoms. The van der Waals surface area contributed by atoms with Crippen LogP contribution in [0.1, 0.15) is 38.1 Å². The first kappa shape index (κ1) is 25.2. The molecule has 2 aromatic carbocycles. The molecule has 10 heteroatoms. The summed E-state index contributed by atoms with van der Waals surface area (Å²) in [4.78, 5) is 29.1. The van der Waals surface area contributed by atoms with Crippen LogP contribution < -0.4 is 19.8 Å². The van der Waals surface area contributed by atoms with Crippen molar-refractivity contribution in [1.29, 1.82) is 0 Å². The number of nitrogens with zero attached hydrogens (tertiary/aromatic N) is 3. The van der Waals surface area contributed by atoms with Crippen molar-refractivity contribution < 1.29 is 24.1 Å². The van der Waals surface area contributed by atoms with E-state index in [0.29, 0.717) is 28.7 Å². The molecule has 3 aromatic rings. The predicted molar refractivity (Wildman–Crippen MR) is 133 cm³/mol. The Morgan fingerprint density at radius 2 is 1.91 bits per heavy atom. The molecule has 34 heavy (non-hydrogen) atoms. The van der Waals surface area contributed by atoms with Gasteiger partial charge in [0.05, 0.1) is 31.3 Å². The van der Waals surface area contributed by atoms with Gasteiger partial charge in [0.2, 0.25) is 5.75 Å². The number of halogens is 1. The van der Waals surface area contributed by atoms with Crippen LogP contribution in [-0.2, 0) is 11.2 Å². The highest BCUT2D eigenvalue weighted by Gasteiger charge is 2.20. The highest BCUT2D eigenvalue weighted by molar-refractivity contribution is 9.10. The molecule has 0 aliphatic rings. The van der Waals surface area contributed by atoms with E-state index < -0.39 is 12.1 Å². The van der Waals surface area contributed by atoms with Crippen LogP contribution >= 0.6 is 15.9 Å². The molecule has 0 aliphatic carbocycles. The average Bonchev–Trinajstić information content (AvgIpc) is 2.82. The number of fused-ring (bicyclic) bond motifs is 1. The molecule has 0 saturated carbocycles. The number of carbonyl (C=O) groups is 1. The Balaban J connectivity index is 2.09. The van der Waals surface area contributed by atoms with Gasteiger partial charge < -0.3 is 19.3 Å². The van der Waals surface area contributed by atoms with Crippen LogP contribution in [0.25, 0.3) is 10.9 Å². The van der Waals surface area contributed by atoms with Gasteiger partial charge in [0, 0.05) is 16.5 Å². The number of hydrogen-bond donors (Lipinski definition) is 1. The highest BCUT2D eigenvalue weighted by atomic mass is 79.9. The van der Waals surface area contributed by atoms with Gasteiger partial charge in [-0.3, -0.25) is 4.79 Å². The summed E-state index contributed by atoms with van der Waals surface area (Å²) in [5.41, 5.74) is 0.901. The van der Waals surface area contributed by atoms with Gasteiger partial charge in [0.25, 0.3) is 5.56 Å². The topological polar surface area (TPSA) is 112 Å². The lowest BCUT2D eigenvalue weighted by Crippen LogP contribution is -2.23. The number of ether oxygens (including phenoxy) is 3. The summed E-state index contributed by atoms with van der Waals surface area (Å²) in [6.45, 7) is 3.48. The lowest BCUT2D eigenvalue weighted by molar-refractivity contribution is -0.144. The minimum Gasteiger partial charge on any atom is -0.493 e. The van der Waals surface area contributed by atoms with Crippen molar-refractivity contribution in [2.45, 2.75) is 39.2 Å². The van der Waals surface area contributed by atoms with Crippen LogP contribution in [0, 0.1) is 0 Å². The Kier molecular flexibility index (Phi) is 8.27. The summed E-state index contributed by atoms with van der Waals surface area (Å²) in [7, 11) is 2.87. The van der Waals surface area contributed by atoms with Crippen LogP contribution in [0.2, 0.25) is 0 Å². The maximum Gasteiger partial charge on any atom is 0.344 e. The Bertz CT molecular complexity index is 1260. The zero-order valence-electron chi connectivity index (χ0n) is 19.4. The normalized spacial score (nSPS) is 12.1. The largest absolute Gasteiger partial charge is 0.493 e. The van der Waals surface area contributed by atoms with Gasteiger partial charge in [-0.25, -0.2) is 9.78 Å². The fourth-order valence-corrected chi connectivity index (χ4v) is 3.61. The van der Waals surface area contributed by atoms with E-state index >= 15 is 0 Å². The zero-order valence-corrected chi connectivity index (χ0v) is 21.0. The molecule has 0 amide bonds. The first-order valence-corrected chi connectivity index (χ1v) is 11.5. The van der Waals surface area contributed by atoms with Crippen LogP contribution in [0.15, 0.2) is 44.7 Å². The summed E-state index contributed by atoms with van der Waals surface area (Å²) >= 11 is 3.40. The van der Waals surface area contributed by atoms with Gasteiger partial charge in [-0.2, -0.15) is 9.78 Å². The SMILES string of the molecule is CCCCc1nc2ccc(Br)cc2c(=O)n1N=Cc1cc(OC)c(O[C@@H](C)C(=O)O)c(OC)c1. The van der Waals surface area contributed by atoms with E-state index in [9.17, 15) is 14.7 Å². The van der Waals surface area contributed by atoms with Crippen molar-refractivity contribution in [3.63, 3.8) is 0 Å². The second kappa shape index (κ2) is 11.1. The molecule has 0 spiro atoms. The van der Waals surface area contributed by atoms with E-state index in [4.69, 9.17) is 14.2 Å². The number of aromatic nitrogens is 2. The average molecular weight is 532 g/mol. The van der Waals surface area contributed by atoms with Crippen molar-refractivity contribution in [2.24, 2.45) is 5.10 Å². The summed E-state index contributed by atoms with van der Waals surface area (Å²) in [5.74, 6) is 0.146. The number of benzene rings is 2. The number of carboxylic acid groups (broad SMARTS) is 1. The van der Waals surface area contributed by atoms with Crippen molar-refractivity contribution >= 4 is 39.0 Å². The number of methoxy groups -OCH3 is 2. The summed E-state index contributed by atoms with van der Waals surface area (Å²) < 4.78 is 18.4.